The number of β-lactam (4-membered cyclic amide) rings is 1. The zero-order valence-electron chi connectivity index (χ0n) is 7.69. The molecule has 2 aliphatic heterocycles. The van der Waals surface area contributed by atoms with Crippen molar-refractivity contribution in [2.45, 2.75) is 17.3 Å². The highest BCUT2D eigenvalue weighted by Crippen LogP contribution is 2.40. The fourth-order valence-electron chi connectivity index (χ4n) is 1.36. The number of hydrogen-bond acceptors (Lipinski definition) is 4. The van der Waals surface area contributed by atoms with Crippen molar-refractivity contribution in [1.29, 1.82) is 0 Å². The van der Waals surface area contributed by atoms with Crippen molar-refractivity contribution in [1.82, 2.24) is 4.90 Å². The lowest BCUT2D eigenvalue weighted by molar-refractivity contribution is -0.137. The van der Waals surface area contributed by atoms with E-state index in [0.717, 1.165) is 22.9 Å². The molecule has 1 atom stereocenters. The third-order valence-electron chi connectivity index (χ3n) is 2.30. The molecule has 1 fully saturated rings. The van der Waals surface area contributed by atoms with E-state index in [1.54, 1.807) is 0 Å². The second kappa shape index (κ2) is 3.39. The van der Waals surface area contributed by atoms with Gasteiger partial charge in [-0.05, 0) is 0 Å². The highest BCUT2D eigenvalue weighted by Gasteiger charge is 2.50. The van der Waals surface area contributed by atoms with Gasteiger partial charge < -0.3 is 4.90 Å². The van der Waals surface area contributed by atoms with Crippen LogP contribution in [-0.2, 0) is 14.6 Å². The Bertz CT molecular complexity index is 468. The molecular weight excluding hydrogens is 267 g/mol. The summed E-state index contributed by atoms with van der Waals surface area (Å²) in [7, 11) is -5.30. The van der Waals surface area contributed by atoms with Crippen molar-refractivity contribution in [3.8, 4) is 0 Å². The third-order valence-corrected chi connectivity index (χ3v) is 5.29. The van der Waals surface area contributed by atoms with E-state index in [2.05, 4.69) is 0 Å². The molecule has 1 saturated heterocycles. The molecular formula is C7H6F3NO3S2. The van der Waals surface area contributed by atoms with Crippen LogP contribution in [0.15, 0.2) is 11.1 Å². The molecule has 2 heterocycles. The van der Waals surface area contributed by atoms with Crippen LogP contribution >= 0.6 is 11.8 Å². The molecule has 90 valence electrons. The highest BCUT2D eigenvalue weighted by atomic mass is 32.2. The van der Waals surface area contributed by atoms with E-state index in [4.69, 9.17) is 0 Å². The molecule has 16 heavy (non-hydrogen) atoms. The summed E-state index contributed by atoms with van der Waals surface area (Å²) in [5.41, 5.74) is -5.31. The van der Waals surface area contributed by atoms with Gasteiger partial charge in [0.25, 0.3) is 9.84 Å². The number of hydrogen-bond donors (Lipinski definition) is 0. The highest BCUT2D eigenvalue weighted by molar-refractivity contribution is 8.03. The molecule has 0 aliphatic carbocycles. The van der Waals surface area contributed by atoms with E-state index in [1.807, 2.05) is 0 Å². The van der Waals surface area contributed by atoms with Gasteiger partial charge in [0.05, 0.1) is 16.7 Å². The molecule has 0 unspecified atom stereocenters. The average Bonchev–Trinajstić information content (AvgIpc) is 2.14. The van der Waals surface area contributed by atoms with Crippen LogP contribution < -0.4 is 0 Å². The first-order valence-electron chi connectivity index (χ1n) is 4.18. The Labute approximate surface area is 93.4 Å². The zero-order chi connectivity index (χ0) is 12.1. The Morgan fingerprint density at radius 2 is 2.06 bits per heavy atom. The van der Waals surface area contributed by atoms with Crippen molar-refractivity contribution in [2.24, 2.45) is 0 Å². The van der Waals surface area contributed by atoms with Crippen molar-refractivity contribution in [3.63, 3.8) is 0 Å². The lowest BCUT2D eigenvalue weighted by Crippen LogP contribution is -2.50. The second-order valence-corrected chi connectivity index (χ2v) is 6.48. The first-order valence-corrected chi connectivity index (χ1v) is 6.71. The molecule has 0 bridgehead atoms. The van der Waals surface area contributed by atoms with E-state index in [-0.39, 0.29) is 23.5 Å². The molecule has 0 N–H and O–H groups in total. The largest absolute Gasteiger partial charge is 0.501 e. The normalized spacial score (nSPS) is 25.9. The first-order chi connectivity index (χ1) is 7.23. The number of nitrogens with zero attached hydrogens (tertiary/aromatic N) is 1. The molecule has 0 radical (unpaired) electrons. The summed E-state index contributed by atoms with van der Waals surface area (Å²) in [4.78, 5) is 11.3. The van der Waals surface area contributed by atoms with Gasteiger partial charge in [0.1, 0.15) is 0 Å². The standard InChI is InChI=1S/C7H6F3NO3S2/c8-7(9,10)16(13,14)4-2-11-5(12)1-6(11)15-3-4/h2,6H,1,3H2/t6-/m1/s1. The first kappa shape index (κ1) is 11.8. The van der Waals surface area contributed by atoms with Crippen molar-refractivity contribution in [2.75, 3.05) is 5.75 Å². The van der Waals surface area contributed by atoms with E-state index < -0.39 is 20.3 Å². The predicted molar refractivity (Wildman–Crippen MR) is 50.8 cm³/mol. The minimum absolute atomic E-state index is 0.209. The maximum atomic E-state index is 12.2. The van der Waals surface area contributed by atoms with Gasteiger partial charge in [-0.3, -0.25) is 4.79 Å². The molecule has 4 nitrogen and oxygen atoms in total. The molecule has 1 amide bonds. The number of sulfone groups is 1. The van der Waals surface area contributed by atoms with Crippen LogP contribution in [0.2, 0.25) is 0 Å². The molecule has 9 heteroatoms. The van der Waals surface area contributed by atoms with Crippen LogP contribution in [-0.4, -0.2) is 35.9 Å². The SMILES string of the molecule is O=C1C[C@H]2SCC(S(=O)(=O)C(F)(F)F)=CN12. The molecule has 0 spiro atoms. The van der Waals surface area contributed by atoms with E-state index in [1.165, 1.54) is 0 Å². The number of carbonyl (C=O) groups excluding carboxylic acids is 1. The fourth-order valence-corrected chi connectivity index (χ4v) is 3.77. The summed E-state index contributed by atoms with van der Waals surface area (Å²) in [5.74, 6) is -0.594. The van der Waals surface area contributed by atoms with Gasteiger partial charge in [-0.2, -0.15) is 13.2 Å². The molecule has 0 aromatic carbocycles. The van der Waals surface area contributed by atoms with Crippen LogP contribution in [0.25, 0.3) is 0 Å². The number of rotatable bonds is 1. The number of thioether (sulfide) groups is 1. The number of alkyl halides is 3. The van der Waals surface area contributed by atoms with E-state index in [0.29, 0.717) is 0 Å². The Morgan fingerprint density at radius 3 is 2.56 bits per heavy atom. The molecule has 0 aromatic heterocycles. The molecule has 2 rings (SSSR count). The lowest BCUT2D eigenvalue weighted by Gasteiger charge is -2.40. The zero-order valence-corrected chi connectivity index (χ0v) is 9.32. The maximum Gasteiger partial charge on any atom is 0.501 e. The Kier molecular flexibility index (Phi) is 2.50. The van der Waals surface area contributed by atoms with Crippen LogP contribution in [0, 0.1) is 0 Å². The molecule has 0 aromatic rings. The van der Waals surface area contributed by atoms with Gasteiger partial charge in [-0.25, -0.2) is 8.42 Å². The molecule has 0 saturated carbocycles. The summed E-state index contributed by atoms with van der Waals surface area (Å²) in [6.07, 6.45) is 1.05. The van der Waals surface area contributed by atoms with Crippen molar-refractivity contribution in [3.05, 3.63) is 11.1 Å². The monoisotopic (exact) mass is 273 g/mol. The van der Waals surface area contributed by atoms with E-state index in [9.17, 15) is 26.4 Å². The number of amides is 1. The van der Waals surface area contributed by atoms with Gasteiger partial charge in [0.15, 0.2) is 0 Å². The topological polar surface area (TPSA) is 54.5 Å². The van der Waals surface area contributed by atoms with Gasteiger partial charge in [-0.1, -0.05) is 0 Å². The summed E-state index contributed by atoms with van der Waals surface area (Å²) in [5, 5.41) is -0.209. The third kappa shape index (κ3) is 1.61. The summed E-state index contributed by atoms with van der Waals surface area (Å²) < 4.78 is 58.7. The Morgan fingerprint density at radius 1 is 1.44 bits per heavy atom. The summed E-state index contributed by atoms with van der Waals surface area (Å²) in [6, 6.07) is 0. The lowest BCUT2D eigenvalue weighted by atomic mass is 10.2. The predicted octanol–water partition coefficient (Wildman–Crippen LogP) is 1.07. The van der Waals surface area contributed by atoms with Crippen LogP contribution in [0.5, 0.6) is 0 Å². The summed E-state index contributed by atoms with van der Waals surface area (Å²) in [6.45, 7) is 0. The molecule has 2 aliphatic rings. The van der Waals surface area contributed by atoms with Crippen LogP contribution in [0.1, 0.15) is 6.42 Å². The van der Waals surface area contributed by atoms with Crippen LogP contribution in [0.4, 0.5) is 13.2 Å². The quantitative estimate of drug-likeness (QED) is 0.671. The van der Waals surface area contributed by atoms with Gasteiger partial charge in [0, 0.05) is 12.0 Å². The fraction of sp³-hybridized carbons (Fsp3) is 0.571. The Hall–Kier alpha value is -0.700. The average molecular weight is 273 g/mol. The minimum atomic E-state index is -5.31. The number of halogens is 3. The van der Waals surface area contributed by atoms with Gasteiger partial charge in [0.2, 0.25) is 5.91 Å². The Balaban J connectivity index is 2.33. The van der Waals surface area contributed by atoms with Gasteiger partial charge in [-0.15, -0.1) is 11.8 Å². The van der Waals surface area contributed by atoms with Gasteiger partial charge >= 0.3 is 5.51 Å². The maximum absolute atomic E-state index is 12.2. The van der Waals surface area contributed by atoms with Crippen LogP contribution in [0.3, 0.4) is 0 Å². The number of carbonyl (C=O) groups is 1. The second-order valence-electron chi connectivity index (χ2n) is 3.32. The van der Waals surface area contributed by atoms with E-state index >= 15 is 0 Å². The minimum Gasteiger partial charge on any atom is -0.305 e. The van der Waals surface area contributed by atoms with Crippen molar-refractivity contribution >= 4 is 27.5 Å². The van der Waals surface area contributed by atoms with Crippen molar-refractivity contribution < 1.29 is 26.4 Å². The smallest absolute Gasteiger partial charge is 0.305 e. The number of fused-ring (bicyclic) bond motifs is 1. The summed E-state index contributed by atoms with van der Waals surface area (Å²) >= 11 is 1.03.